The van der Waals surface area contributed by atoms with Gasteiger partial charge in [-0.25, -0.2) is 0 Å². The molecule has 3 rings (SSSR count). The van der Waals surface area contributed by atoms with Crippen molar-refractivity contribution in [3.05, 3.63) is 70.8 Å². The van der Waals surface area contributed by atoms with Gasteiger partial charge in [0, 0.05) is 11.1 Å². The molecule has 0 aromatic heterocycles. The van der Waals surface area contributed by atoms with Crippen LogP contribution >= 0.6 is 0 Å². The van der Waals surface area contributed by atoms with Gasteiger partial charge < -0.3 is 9.94 Å². The zero-order chi connectivity index (χ0) is 15.4. The second-order valence-electron chi connectivity index (χ2n) is 5.22. The van der Waals surface area contributed by atoms with E-state index in [0.717, 1.165) is 29.7 Å². The van der Waals surface area contributed by atoms with Crippen LogP contribution in [0.1, 0.15) is 22.3 Å². The summed E-state index contributed by atoms with van der Waals surface area (Å²) in [6, 6.07) is 16.2. The Morgan fingerprint density at radius 3 is 2.09 bits per heavy atom. The number of aliphatic hydroxyl groups excluding tert-OH is 1. The third-order valence-corrected chi connectivity index (χ3v) is 3.77. The summed E-state index contributed by atoms with van der Waals surface area (Å²) in [4.78, 5) is 16.3. The smallest absolute Gasteiger partial charge is 0.198 e. The predicted octanol–water partition coefficient (Wildman–Crippen LogP) is 2.12. The van der Waals surface area contributed by atoms with Gasteiger partial charge in [0.1, 0.15) is 12.3 Å². The van der Waals surface area contributed by atoms with E-state index >= 15 is 0 Å². The average molecular weight is 295 g/mol. The molecule has 0 radical (unpaired) electrons. The Hall–Kier alpha value is -2.46. The fraction of sp³-hybridized carbons (Fsp3) is 0.222. The minimum atomic E-state index is -0.530. The van der Waals surface area contributed by atoms with E-state index in [0.29, 0.717) is 0 Å². The van der Waals surface area contributed by atoms with E-state index in [4.69, 9.17) is 9.94 Å². The van der Waals surface area contributed by atoms with Crippen LogP contribution in [0, 0.1) is 0 Å². The number of nitrogens with zero attached hydrogens (tertiary/aromatic N) is 1. The Morgan fingerprint density at radius 2 is 1.55 bits per heavy atom. The summed E-state index contributed by atoms with van der Waals surface area (Å²) in [5.41, 5.74) is 5.24. The SMILES string of the molecule is O=C(CO)CON=C1c2ccccc2CCc2ccccc21. The summed E-state index contributed by atoms with van der Waals surface area (Å²) < 4.78 is 0. The number of fused-ring (bicyclic) bond motifs is 2. The molecule has 1 N–H and O–H groups in total. The number of hydrogen-bond acceptors (Lipinski definition) is 4. The first-order valence-electron chi connectivity index (χ1n) is 7.28. The first-order chi connectivity index (χ1) is 10.8. The van der Waals surface area contributed by atoms with E-state index in [1.165, 1.54) is 11.1 Å². The molecule has 0 heterocycles. The molecule has 2 aromatic rings. The monoisotopic (exact) mass is 295 g/mol. The highest BCUT2D eigenvalue weighted by Crippen LogP contribution is 2.25. The van der Waals surface area contributed by atoms with Gasteiger partial charge >= 0.3 is 0 Å². The van der Waals surface area contributed by atoms with Gasteiger partial charge in [-0.2, -0.15) is 0 Å². The summed E-state index contributed by atoms with van der Waals surface area (Å²) in [7, 11) is 0. The van der Waals surface area contributed by atoms with Crippen molar-refractivity contribution in [3.63, 3.8) is 0 Å². The fourth-order valence-electron chi connectivity index (χ4n) is 2.67. The highest BCUT2D eigenvalue weighted by molar-refractivity contribution is 6.14. The van der Waals surface area contributed by atoms with Crippen LogP contribution in [-0.4, -0.2) is 29.8 Å². The molecule has 4 nitrogen and oxygen atoms in total. The van der Waals surface area contributed by atoms with Gasteiger partial charge in [-0.1, -0.05) is 53.7 Å². The minimum Gasteiger partial charge on any atom is -0.388 e. The van der Waals surface area contributed by atoms with Crippen molar-refractivity contribution < 1.29 is 14.7 Å². The average Bonchev–Trinajstić information content (AvgIpc) is 2.72. The Kier molecular flexibility index (Phi) is 4.30. The molecule has 0 amide bonds. The zero-order valence-electron chi connectivity index (χ0n) is 12.2. The van der Waals surface area contributed by atoms with E-state index in [1.54, 1.807) is 0 Å². The van der Waals surface area contributed by atoms with Crippen molar-refractivity contribution in [1.82, 2.24) is 0 Å². The first-order valence-corrected chi connectivity index (χ1v) is 7.28. The Bertz CT molecular complexity index is 672. The lowest BCUT2D eigenvalue weighted by atomic mass is 9.98. The van der Waals surface area contributed by atoms with E-state index in [2.05, 4.69) is 17.3 Å². The van der Waals surface area contributed by atoms with Crippen LogP contribution in [0.25, 0.3) is 0 Å². The zero-order valence-corrected chi connectivity index (χ0v) is 12.2. The van der Waals surface area contributed by atoms with Gasteiger partial charge in [0.15, 0.2) is 12.4 Å². The van der Waals surface area contributed by atoms with Crippen molar-refractivity contribution in [2.45, 2.75) is 12.8 Å². The second-order valence-corrected chi connectivity index (χ2v) is 5.22. The molecule has 0 aliphatic heterocycles. The summed E-state index contributed by atoms with van der Waals surface area (Å²) in [5.74, 6) is -0.389. The number of hydrogen-bond donors (Lipinski definition) is 1. The molecule has 0 bridgehead atoms. The molecule has 0 saturated heterocycles. The molecule has 112 valence electrons. The van der Waals surface area contributed by atoms with Crippen molar-refractivity contribution in [2.75, 3.05) is 13.2 Å². The summed E-state index contributed by atoms with van der Waals surface area (Å²) in [6.45, 7) is -0.748. The molecular weight excluding hydrogens is 278 g/mol. The van der Waals surface area contributed by atoms with Crippen molar-refractivity contribution in [3.8, 4) is 0 Å². The maximum atomic E-state index is 11.2. The van der Waals surface area contributed by atoms with Crippen LogP contribution in [0.5, 0.6) is 0 Å². The van der Waals surface area contributed by atoms with Crippen LogP contribution in [0.15, 0.2) is 53.7 Å². The quantitative estimate of drug-likeness (QED) is 0.879. The molecule has 0 unspecified atom stereocenters. The van der Waals surface area contributed by atoms with Crippen LogP contribution in [0.4, 0.5) is 0 Å². The molecule has 22 heavy (non-hydrogen) atoms. The molecule has 0 saturated carbocycles. The number of aryl methyl sites for hydroxylation is 2. The molecule has 1 aliphatic carbocycles. The largest absolute Gasteiger partial charge is 0.388 e. The van der Waals surface area contributed by atoms with Crippen LogP contribution in [0.3, 0.4) is 0 Å². The number of ketones is 1. The third kappa shape index (κ3) is 2.92. The lowest BCUT2D eigenvalue weighted by Crippen LogP contribution is -2.13. The minimum absolute atomic E-state index is 0.218. The summed E-state index contributed by atoms with van der Waals surface area (Å²) >= 11 is 0. The van der Waals surface area contributed by atoms with Gasteiger partial charge in [0.2, 0.25) is 0 Å². The molecule has 0 spiro atoms. The first kappa shape index (κ1) is 14.5. The number of oxime groups is 1. The number of rotatable bonds is 4. The van der Waals surface area contributed by atoms with Gasteiger partial charge in [0.05, 0.1) is 0 Å². The fourth-order valence-corrected chi connectivity index (χ4v) is 2.67. The lowest BCUT2D eigenvalue weighted by molar-refractivity contribution is -0.126. The number of aliphatic hydroxyl groups is 1. The van der Waals surface area contributed by atoms with E-state index < -0.39 is 6.61 Å². The highest BCUT2D eigenvalue weighted by Gasteiger charge is 2.19. The second kappa shape index (κ2) is 6.54. The van der Waals surface area contributed by atoms with E-state index in [-0.39, 0.29) is 12.4 Å². The Balaban J connectivity index is 2.02. The number of carbonyl (C=O) groups is 1. The maximum absolute atomic E-state index is 11.2. The normalized spacial score (nSPS) is 12.9. The standard InChI is InChI=1S/C18H17NO3/c20-11-15(21)12-22-19-18-16-7-3-1-5-13(16)9-10-14-6-2-4-8-17(14)18/h1-8,20H,9-12H2. The van der Waals surface area contributed by atoms with Gasteiger partial charge in [-0.05, 0) is 24.0 Å². The lowest BCUT2D eigenvalue weighted by Gasteiger charge is -2.09. The Labute approximate surface area is 129 Å². The van der Waals surface area contributed by atoms with Crippen molar-refractivity contribution >= 4 is 11.5 Å². The number of Topliss-reactive ketones (excluding diaryl/α,β-unsaturated/α-hetero) is 1. The third-order valence-electron chi connectivity index (χ3n) is 3.77. The Morgan fingerprint density at radius 1 is 1.00 bits per heavy atom. The molecule has 4 heteroatoms. The molecule has 0 fully saturated rings. The van der Waals surface area contributed by atoms with Crippen molar-refractivity contribution in [2.24, 2.45) is 5.16 Å². The van der Waals surface area contributed by atoms with Gasteiger partial charge in [0.25, 0.3) is 0 Å². The van der Waals surface area contributed by atoms with E-state index in [1.807, 2.05) is 36.4 Å². The molecular formula is C18H17NO3. The summed E-state index contributed by atoms with van der Waals surface area (Å²) in [5, 5.41) is 13.0. The predicted molar refractivity (Wildman–Crippen MR) is 84.0 cm³/mol. The number of benzene rings is 2. The van der Waals surface area contributed by atoms with Gasteiger partial charge in [-0.15, -0.1) is 0 Å². The molecule has 0 atom stereocenters. The van der Waals surface area contributed by atoms with Gasteiger partial charge in [-0.3, -0.25) is 4.79 Å². The van der Waals surface area contributed by atoms with E-state index in [9.17, 15) is 4.79 Å². The maximum Gasteiger partial charge on any atom is 0.198 e. The number of carbonyl (C=O) groups excluding carboxylic acids is 1. The highest BCUT2D eigenvalue weighted by atomic mass is 16.6. The van der Waals surface area contributed by atoms with Crippen LogP contribution in [-0.2, 0) is 22.5 Å². The molecule has 2 aromatic carbocycles. The molecule has 1 aliphatic rings. The topological polar surface area (TPSA) is 58.9 Å². The van der Waals surface area contributed by atoms with Crippen molar-refractivity contribution in [1.29, 1.82) is 0 Å². The van der Waals surface area contributed by atoms with Crippen LogP contribution in [0.2, 0.25) is 0 Å². The summed E-state index contributed by atoms with van der Waals surface area (Å²) in [6.07, 6.45) is 1.89. The van der Waals surface area contributed by atoms with Crippen LogP contribution < -0.4 is 0 Å².